The predicted octanol–water partition coefficient (Wildman–Crippen LogP) is 3.41. The van der Waals surface area contributed by atoms with Gasteiger partial charge in [-0.1, -0.05) is 34.8 Å². The van der Waals surface area contributed by atoms with E-state index in [-0.39, 0.29) is 0 Å². The van der Waals surface area contributed by atoms with Crippen LogP contribution in [0.3, 0.4) is 0 Å². The van der Waals surface area contributed by atoms with E-state index in [1.165, 1.54) is 10.9 Å². The van der Waals surface area contributed by atoms with Gasteiger partial charge in [0.2, 0.25) is 0 Å². The Labute approximate surface area is 101 Å². The van der Waals surface area contributed by atoms with Crippen LogP contribution in [0.5, 0.6) is 0 Å². The van der Waals surface area contributed by atoms with E-state index in [9.17, 15) is 0 Å². The molecule has 2 aromatic rings. The molecule has 15 heavy (non-hydrogen) atoms. The summed E-state index contributed by atoms with van der Waals surface area (Å²) in [4.78, 5) is 0. The largest absolute Gasteiger partial charge is 0.382 e. The summed E-state index contributed by atoms with van der Waals surface area (Å²) in [6, 6.07) is 5.05. The molecular formula is C9H6Cl3N3. The Morgan fingerprint density at radius 2 is 1.87 bits per heavy atom. The zero-order chi connectivity index (χ0) is 11.0. The lowest BCUT2D eigenvalue weighted by Gasteiger charge is -2.06. The van der Waals surface area contributed by atoms with Crippen molar-refractivity contribution in [1.82, 2.24) is 9.78 Å². The van der Waals surface area contributed by atoms with Crippen LogP contribution < -0.4 is 5.73 Å². The molecule has 1 aromatic heterocycles. The third-order valence-electron chi connectivity index (χ3n) is 1.90. The normalized spacial score (nSPS) is 10.6. The van der Waals surface area contributed by atoms with Gasteiger partial charge < -0.3 is 5.73 Å². The van der Waals surface area contributed by atoms with Crippen LogP contribution in [0.2, 0.25) is 15.1 Å². The maximum Gasteiger partial charge on any atom is 0.146 e. The summed E-state index contributed by atoms with van der Waals surface area (Å²) >= 11 is 17.6. The van der Waals surface area contributed by atoms with E-state index in [0.717, 1.165) is 0 Å². The highest BCUT2D eigenvalue weighted by Crippen LogP contribution is 2.28. The van der Waals surface area contributed by atoms with E-state index in [2.05, 4.69) is 5.10 Å². The SMILES string of the molecule is Nc1c(Cl)cnn1-c1ccc(Cl)cc1Cl. The fraction of sp³-hybridized carbons (Fsp3) is 0. The highest BCUT2D eigenvalue weighted by Gasteiger charge is 2.10. The second kappa shape index (κ2) is 3.93. The molecule has 2 N–H and O–H groups in total. The van der Waals surface area contributed by atoms with Crippen molar-refractivity contribution in [2.75, 3.05) is 5.73 Å². The molecule has 0 amide bonds. The highest BCUT2D eigenvalue weighted by molar-refractivity contribution is 6.36. The molecule has 6 heteroatoms. The molecule has 0 aliphatic carbocycles. The van der Waals surface area contributed by atoms with Gasteiger partial charge in [0.1, 0.15) is 10.8 Å². The zero-order valence-electron chi connectivity index (χ0n) is 7.42. The Hall–Kier alpha value is -0.900. The van der Waals surface area contributed by atoms with Crippen LogP contribution in [-0.4, -0.2) is 9.78 Å². The molecule has 0 saturated carbocycles. The van der Waals surface area contributed by atoms with Crippen molar-refractivity contribution >= 4 is 40.6 Å². The average molecular weight is 263 g/mol. The molecule has 0 spiro atoms. The smallest absolute Gasteiger partial charge is 0.146 e. The molecule has 78 valence electrons. The Kier molecular flexibility index (Phi) is 2.78. The number of nitrogen functional groups attached to an aromatic ring is 1. The lowest BCUT2D eigenvalue weighted by Crippen LogP contribution is -2.02. The minimum Gasteiger partial charge on any atom is -0.382 e. The van der Waals surface area contributed by atoms with E-state index >= 15 is 0 Å². The van der Waals surface area contributed by atoms with Gasteiger partial charge in [-0.3, -0.25) is 0 Å². The Balaban J connectivity index is 2.59. The monoisotopic (exact) mass is 261 g/mol. The molecule has 0 unspecified atom stereocenters. The second-order valence-electron chi connectivity index (χ2n) is 2.89. The molecule has 0 radical (unpaired) electrons. The van der Waals surface area contributed by atoms with Crippen molar-refractivity contribution in [3.8, 4) is 5.69 Å². The lowest BCUT2D eigenvalue weighted by molar-refractivity contribution is 0.891. The van der Waals surface area contributed by atoms with Gasteiger partial charge in [0.25, 0.3) is 0 Å². The summed E-state index contributed by atoms with van der Waals surface area (Å²) in [5.41, 5.74) is 6.36. The number of anilines is 1. The van der Waals surface area contributed by atoms with Crippen LogP contribution in [-0.2, 0) is 0 Å². The van der Waals surface area contributed by atoms with Crippen LogP contribution in [0.1, 0.15) is 0 Å². The number of aromatic nitrogens is 2. The maximum absolute atomic E-state index is 6.00. The van der Waals surface area contributed by atoms with Crippen molar-refractivity contribution in [3.63, 3.8) is 0 Å². The number of nitrogens with two attached hydrogens (primary N) is 1. The molecule has 0 bridgehead atoms. The first kappa shape index (κ1) is 10.6. The second-order valence-corrected chi connectivity index (χ2v) is 4.14. The topological polar surface area (TPSA) is 43.8 Å². The van der Waals surface area contributed by atoms with Gasteiger partial charge in [0.15, 0.2) is 0 Å². The average Bonchev–Trinajstić information content (AvgIpc) is 2.49. The Morgan fingerprint density at radius 3 is 2.40 bits per heavy atom. The van der Waals surface area contributed by atoms with Crippen LogP contribution in [0.4, 0.5) is 5.82 Å². The van der Waals surface area contributed by atoms with Gasteiger partial charge in [-0.25, -0.2) is 4.68 Å². The van der Waals surface area contributed by atoms with Crippen molar-refractivity contribution in [2.45, 2.75) is 0 Å². The van der Waals surface area contributed by atoms with E-state index in [1.54, 1.807) is 18.2 Å². The Morgan fingerprint density at radius 1 is 1.13 bits per heavy atom. The molecule has 0 fully saturated rings. The first-order valence-electron chi connectivity index (χ1n) is 4.04. The molecule has 0 saturated heterocycles. The number of hydrogen-bond donors (Lipinski definition) is 1. The van der Waals surface area contributed by atoms with Gasteiger partial charge >= 0.3 is 0 Å². The summed E-state index contributed by atoms with van der Waals surface area (Å²) in [5, 5.41) is 5.42. The van der Waals surface area contributed by atoms with Crippen LogP contribution in [0.25, 0.3) is 5.69 Å². The quantitative estimate of drug-likeness (QED) is 0.856. The highest BCUT2D eigenvalue weighted by atomic mass is 35.5. The van der Waals surface area contributed by atoms with Crippen molar-refractivity contribution in [1.29, 1.82) is 0 Å². The van der Waals surface area contributed by atoms with Crippen molar-refractivity contribution in [3.05, 3.63) is 39.5 Å². The summed E-state index contributed by atoms with van der Waals surface area (Å²) in [6.45, 7) is 0. The van der Waals surface area contributed by atoms with Crippen molar-refractivity contribution in [2.24, 2.45) is 0 Å². The molecule has 0 aliphatic rings. The molecule has 0 aliphatic heterocycles. The maximum atomic E-state index is 6.00. The summed E-state index contributed by atoms with van der Waals surface area (Å²) in [5.74, 6) is 0.348. The molecule has 0 atom stereocenters. The van der Waals surface area contributed by atoms with Gasteiger partial charge in [-0.15, -0.1) is 0 Å². The molecule has 3 nitrogen and oxygen atoms in total. The minimum atomic E-state index is 0.348. The lowest BCUT2D eigenvalue weighted by atomic mass is 10.3. The third-order valence-corrected chi connectivity index (χ3v) is 2.73. The minimum absolute atomic E-state index is 0.348. The molecule has 1 heterocycles. The van der Waals surface area contributed by atoms with Gasteiger partial charge in [-0.2, -0.15) is 5.10 Å². The standard InChI is InChI=1S/C9H6Cl3N3/c10-5-1-2-8(6(11)3-5)15-9(13)7(12)4-14-15/h1-4H,13H2. The Bertz CT molecular complexity index is 507. The number of nitrogens with zero attached hydrogens (tertiary/aromatic N) is 2. The van der Waals surface area contributed by atoms with Crippen LogP contribution in [0.15, 0.2) is 24.4 Å². The fourth-order valence-corrected chi connectivity index (χ4v) is 1.80. The summed E-state index contributed by atoms with van der Waals surface area (Å²) < 4.78 is 1.46. The third kappa shape index (κ3) is 1.91. The van der Waals surface area contributed by atoms with E-state index in [4.69, 9.17) is 40.5 Å². The number of benzene rings is 1. The predicted molar refractivity (Wildman–Crippen MR) is 63.0 cm³/mol. The van der Waals surface area contributed by atoms with Gasteiger partial charge in [0, 0.05) is 5.02 Å². The number of hydrogen-bond acceptors (Lipinski definition) is 2. The summed E-state index contributed by atoms with van der Waals surface area (Å²) in [6.07, 6.45) is 1.46. The molecule has 1 aromatic carbocycles. The fourth-order valence-electron chi connectivity index (χ4n) is 1.18. The van der Waals surface area contributed by atoms with E-state index in [0.29, 0.717) is 26.6 Å². The zero-order valence-corrected chi connectivity index (χ0v) is 9.68. The van der Waals surface area contributed by atoms with Crippen molar-refractivity contribution < 1.29 is 0 Å². The van der Waals surface area contributed by atoms with Gasteiger partial charge in [0.05, 0.1) is 16.9 Å². The summed E-state index contributed by atoms with van der Waals surface area (Å²) in [7, 11) is 0. The van der Waals surface area contributed by atoms with Crippen LogP contribution >= 0.6 is 34.8 Å². The molecular weight excluding hydrogens is 256 g/mol. The molecule has 2 rings (SSSR count). The van der Waals surface area contributed by atoms with Gasteiger partial charge in [-0.05, 0) is 18.2 Å². The van der Waals surface area contributed by atoms with E-state index < -0.39 is 0 Å². The first-order valence-corrected chi connectivity index (χ1v) is 5.17. The van der Waals surface area contributed by atoms with Crippen LogP contribution in [0, 0.1) is 0 Å². The van der Waals surface area contributed by atoms with E-state index in [1.807, 2.05) is 0 Å². The number of halogens is 3. The first-order chi connectivity index (χ1) is 7.09. The number of rotatable bonds is 1.